The number of unbranched alkanes of at least 4 members (excludes halogenated alkanes) is 2. The first-order valence-corrected chi connectivity index (χ1v) is 7.81. The van der Waals surface area contributed by atoms with Crippen LogP contribution in [0.5, 0.6) is 0 Å². The monoisotopic (exact) mass is 244 g/mol. The van der Waals surface area contributed by atoms with Crippen molar-refractivity contribution < 1.29 is 0 Å². The molecule has 0 bridgehead atoms. The van der Waals surface area contributed by atoms with E-state index in [2.05, 4.69) is 28.9 Å². The van der Waals surface area contributed by atoms with Gasteiger partial charge in [-0.25, -0.2) is 4.98 Å². The van der Waals surface area contributed by atoms with Gasteiger partial charge in [0.2, 0.25) is 0 Å². The zero-order valence-corrected chi connectivity index (χ0v) is 11.2. The minimum Gasteiger partial charge on any atom is -0.362 e. The van der Waals surface area contributed by atoms with E-state index in [-0.39, 0.29) is 0 Å². The molecule has 1 aromatic rings. The first-order valence-electron chi connectivity index (χ1n) is 5.54. The molecule has 0 aliphatic heterocycles. The molecule has 86 valence electrons. The van der Waals surface area contributed by atoms with Crippen molar-refractivity contribution in [1.29, 1.82) is 0 Å². The highest BCUT2D eigenvalue weighted by Crippen LogP contribution is 2.15. The lowest BCUT2D eigenvalue weighted by Crippen LogP contribution is -2.01. The van der Waals surface area contributed by atoms with Crippen molar-refractivity contribution in [1.82, 2.24) is 4.98 Å². The van der Waals surface area contributed by atoms with Crippen molar-refractivity contribution in [2.45, 2.75) is 32.6 Å². The molecule has 0 saturated heterocycles. The van der Waals surface area contributed by atoms with E-state index in [9.17, 15) is 0 Å². The van der Waals surface area contributed by atoms with Crippen molar-refractivity contribution >= 4 is 28.2 Å². The Hall–Kier alpha value is -0.220. The molecule has 0 aliphatic rings. The van der Waals surface area contributed by atoms with Crippen LogP contribution in [-0.2, 0) is 6.42 Å². The second-order valence-corrected chi connectivity index (χ2v) is 5.32. The molecule has 0 aliphatic carbocycles. The molecule has 0 radical (unpaired) electrons. The second kappa shape index (κ2) is 7.99. The molecule has 1 rings (SSSR count). The highest BCUT2D eigenvalue weighted by atomic mass is 32.2. The Morgan fingerprint density at radius 3 is 2.93 bits per heavy atom. The van der Waals surface area contributed by atoms with E-state index in [0.29, 0.717) is 0 Å². The number of nitrogens with one attached hydrogen (secondary N) is 1. The third-order valence-corrected chi connectivity index (χ3v) is 3.76. The van der Waals surface area contributed by atoms with Crippen molar-refractivity contribution in [3.05, 3.63) is 11.1 Å². The highest BCUT2D eigenvalue weighted by molar-refractivity contribution is 7.98. The fraction of sp³-hybridized carbons (Fsp3) is 0.727. The molecular formula is C11H20N2S2. The molecule has 0 unspecified atom stereocenters. The molecule has 0 fully saturated rings. The van der Waals surface area contributed by atoms with Gasteiger partial charge in [-0.3, -0.25) is 0 Å². The quantitative estimate of drug-likeness (QED) is 0.707. The molecule has 0 atom stereocenters. The van der Waals surface area contributed by atoms with E-state index >= 15 is 0 Å². The maximum absolute atomic E-state index is 4.47. The predicted molar refractivity (Wildman–Crippen MR) is 72.2 cm³/mol. The third kappa shape index (κ3) is 5.42. The van der Waals surface area contributed by atoms with Crippen molar-refractivity contribution in [2.75, 3.05) is 23.9 Å². The van der Waals surface area contributed by atoms with E-state index in [1.165, 1.54) is 30.7 Å². The average molecular weight is 244 g/mol. The van der Waals surface area contributed by atoms with Crippen molar-refractivity contribution in [2.24, 2.45) is 0 Å². The van der Waals surface area contributed by atoms with Gasteiger partial charge in [0.15, 0.2) is 5.13 Å². The number of thioether (sulfide) groups is 1. The zero-order chi connectivity index (χ0) is 10.9. The van der Waals surface area contributed by atoms with Gasteiger partial charge in [0, 0.05) is 11.9 Å². The maximum Gasteiger partial charge on any atom is 0.182 e. The second-order valence-electron chi connectivity index (χ2n) is 3.48. The van der Waals surface area contributed by atoms with Crippen LogP contribution in [0, 0.1) is 0 Å². The molecule has 0 aromatic carbocycles. The predicted octanol–water partition coefficient (Wildman–Crippen LogP) is 3.65. The Kier molecular flexibility index (Phi) is 6.85. The van der Waals surface area contributed by atoms with Crippen LogP contribution < -0.4 is 5.32 Å². The van der Waals surface area contributed by atoms with Crippen LogP contribution in [0.4, 0.5) is 5.13 Å². The molecule has 15 heavy (non-hydrogen) atoms. The summed E-state index contributed by atoms with van der Waals surface area (Å²) >= 11 is 3.65. The number of rotatable bonds is 8. The number of anilines is 1. The highest BCUT2D eigenvalue weighted by Gasteiger charge is 1.98. The SMILES string of the molecule is CCc1csc(NCCCCCSC)n1. The lowest BCUT2D eigenvalue weighted by Gasteiger charge is -2.01. The Morgan fingerprint density at radius 2 is 2.27 bits per heavy atom. The normalized spacial score (nSPS) is 10.5. The van der Waals surface area contributed by atoms with Crippen LogP contribution in [0.1, 0.15) is 31.9 Å². The molecule has 1 N–H and O–H groups in total. The molecule has 1 aromatic heterocycles. The molecule has 2 nitrogen and oxygen atoms in total. The number of hydrogen-bond donors (Lipinski definition) is 1. The summed E-state index contributed by atoms with van der Waals surface area (Å²) in [4.78, 5) is 4.47. The van der Waals surface area contributed by atoms with Crippen molar-refractivity contribution in [3.63, 3.8) is 0 Å². The Labute approximate surface area is 101 Å². The lowest BCUT2D eigenvalue weighted by atomic mass is 10.2. The standard InChI is InChI=1S/C11H20N2S2/c1-3-10-9-15-11(13-10)12-7-5-4-6-8-14-2/h9H,3-8H2,1-2H3,(H,12,13). The van der Waals surface area contributed by atoms with Crippen LogP contribution in [0.15, 0.2) is 5.38 Å². The fourth-order valence-corrected chi connectivity index (χ4v) is 2.61. The van der Waals surface area contributed by atoms with Gasteiger partial charge >= 0.3 is 0 Å². The third-order valence-electron chi connectivity index (χ3n) is 2.22. The van der Waals surface area contributed by atoms with E-state index in [1.807, 2.05) is 11.8 Å². The van der Waals surface area contributed by atoms with Crippen LogP contribution >= 0.6 is 23.1 Å². The van der Waals surface area contributed by atoms with Gasteiger partial charge in [-0.15, -0.1) is 11.3 Å². The average Bonchev–Trinajstić information content (AvgIpc) is 2.71. The van der Waals surface area contributed by atoms with Gasteiger partial charge in [-0.05, 0) is 31.3 Å². The van der Waals surface area contributed by atoms with Gasteiger partial charge in [-0.1, -0.05) is 13.3 Å². The first-order chi connectivity index (χ1) is 7.36. The van der Waals surface area contributed by atoms with E-state index in [4.69, 9.17) is 0 Å². The van der Waals surface area contributed by atoms with Crippen LogP contribution in [-0.4, -0.2) is 23.5 Å². The summed E-state index contributed by atoms with van der Waals surface area (Å²) in [5, 5.41) is 6.59. The zero-order valence-electron chi connectivity index (χ0n) is 9.58. The van der Waals surface area contributed by atoms with Crippen LogP contribution in [0.3, 0.4) is 0 Å². The summed E-state index contributed by atoms with van der Waals surface area (Å²) in [6, 6.07) is 0. The summed E-state index contributed by atoms with van der Waals surface area (Å²) in [6.45, 7) is 3.20. The summed E-state index contributed by atoms with van der Waals surface area (Å²) in [7, 11) is 0. The van der Waals surface area contributed by atoms with Crippen molar-refractivity contribution in [3.8, 4) is 0 Å². The Balaban J connectivity index is 2.04. The minimum absolute atomic E-state index is 1.03. The summed E-state index contributed by atoms with van der Waals surface area (Å²) < 4.78 is 0. The number of thiazole rings is 1. The summed E-state index contributed by atoms with van der Waals surface area (Å²) in [5.41, 5.74) is 1.20. The van der Waals surface area contributed by atoms with Gasteiger partial charge in [0.1, 0.15) is 0 Å². The van der Waals surface area contributed by atoms with E-state index in [1.54, 1.807) is 11.3 Å². The molecular weight excluding hydrogens is 224 g/mol. The van der Waals surface area contributed by atoms with Gasteiger partial charge in [-0.2, -0.15) is 11.8 Å². The number of nitrogens with zero attached hydrogens (tertiary/aromatic N) is 1. The molecule has 1 heterocycles. The van der Waals surface area contributed by atoms with Crippen LogP contribution in [0.2, 0.25) is 0 Å². The molecule has 0 amide bonds. The number of aryl methyl sites for hydroxylation is 1. The largest absolute Gasteiger partial charge is 0.362 e. The van der Waals surface area contributed by atoms with E-state index < -0.39 is 0 Å². The van der Waals surface area contributed by atoms with Gasteiger partial charge in [0.25, 0.3) is 0 Å². The Bertz CT molecular complexity index is 261. The minimum atomic E-state index is 1.03. The van der Waals surface area contributed by atoms with Gasteiger partial charge in [0.05, 0.1) is 5.69 Å². The number of hydrogen-bond acceptors (Lipinski definition) is 4. The smallest absolute Gasteiger partial charge is 0.182 e. The maximum atomic E-state index is 4.47. The van der Waals surface area contributed by atoms with Crippen LogP contribution in [0.25, 0.3) is 0 Å². The summed E-state index contributed by atoms with van der Waals surface area (Å²) in [6.07, 6.45) is 7.11. The molecule has 4 heteroatoms. The van der Waals surface area contributed by atoms with Gasteiger partial charge < -0.3 is 5.32 Å². The molecule has 0 spiro atoms. The lowest BCUT2D eigenvalue weighted by molar-refractivity contribution is 0.749. The summed E-state index contributed by atoms with van der Waals surface area (Å²) in [5.74, 6) is 1.29. The number of aromatic nitrogens is 1. The topological polar surface area (TPSA) is 24.9 Å². The molecule has 0 saturated carbocycles. The first kappa shape index (κ1) is 12.8. The Morgan fingerprint density at radius 1 is 1.40 bits per heavy atom. The van der Waals surface area contributed by atoms with E-state index in [0.717, 1.165) is 18.1 Å². The fourth-order valence-electron chi connectivity index (χ4n) is 1.29.